The van der Waals surface area contributed by atoms with Crippen molar-refractivity contribution in [2.75, 3.05) is 19.6 Å². The maximum absolute atomic E-state index is 3.65. The first-order valence-electron chi connectivity index (χ1n) is 6.99. The molecule has 3 rings (SSSR count). The van der Waals surface area contributed by atoms with Crippen molar-refractivity contribution in [3.05, 3.63) is 71.8 Å². The summed E-state index contributed by atoms with van der Waals surface area (Å²) in [5, 5.41) is 7.15. The molecule has 0 aliphatic carbocycles. The largest absolute Gasteiger partial charge is 0.314 e. The van der Waals surface area contributed by atoms with Crippen LogP contribution in [0.25, 0.3) is 0 Å². The molecule has 0 bridgehead atoms. The molecular weight excluding hydrogens is 232 g/mol. The number of hydrogen-bond donors (Lipinski definition) is 2. The third-order valence-corrected chi connectivity index (χ3v) is 3.79. The summed E-state index contributed by atoms with van der Waals surface area (Å²) in [6.45, 7) is 3.13. The van der Waals surface area contributed by atoms with Crippen molar-refractivity contribution in [3.8, 4) is 0 Å². The number of nitrogens with one attached hydrogen (secondary N) is 2. The van der Waals surface area contributed by atoms with Crippen LogP contribution in [0.4, 0.5) is 0 Å². The summed E-state index contributed by atoms with van der Waals surface area (Å²) in [7, 11) is 0. The van der Waals surface area contributed by atoms with Gasteiger partial charge in [0.05, 0.1) is 0 Å². The molecule has 2 aromatic carbocycles. The zero-order valence-corrected chi connectivity index (χ0v) is 11.0. The molecule has 1 aliphatic heterocycles. The summed E-state index contributed by atoms with van der Waals surface area (Å²) >= 11 is 0. The average Bonchev–Trinajstić information content (AvgIpc) is 2.51. The molecule has 2 nitrogen and oxygen atoms in total. The molecule has 1 saturated heterocycles. The fourth-order valence-corrected chi connectivity index (χ4v) is 2.89. The Bertz CT molecular complexity index is 450. The van der Waals surface area contributed by atoms with E-state index in [0.717, 1.165) is 19.6 Å². The molecule has 2 aromatic rings. The van der Waals surface area contributed by atoms with Gasteiger partial charge in [-0.25, -0.2) is 0 Å². The van der Waals surface area contributed by atoms with Gasteiger partial charge in [0.25, 0.3) is 0 Å². The normalized spacial score (nSPS) is 19.5. The van der Waals surface area contributed by atoms with Crippen molar-refractivity contribution in [3.63, 3.8) is 0 Å². The van der Waals surface area contributed by atoms with Crippen molar-refractivity contribution in [1.82, 2.24) is 10.6 Å². The molecule has 0 unspecified atom stereocenters. The first-order chi connectivity index (χ1) is 9.45. The van der Waals surface area contributed by atoms with Crippen LogP contribution in [0.2, 0.25) is 0 Å². The molecule has 1 aliphatic rings. The second-order valence-corrected chi connectivity index (χ2v) is 5.06. The molecule has 1 atom stereocenters. The minimum atomic E-state index is 0.412. The fourth-order valence-electron chi connectivity index (χ4n) is 2.89. The minimum Gasteiger partial charge on any atom is -0.314 e. The smallest absolute Gasteiger partial charge is 0.0302 e. The molecule has 0 radical (unpaired) electrons. The van der Waals surface area contributed by atoms with Gasteiger partial charge < -0.3 is 10.6 Å². The number of benzene rings is 2. The van der Waals surface area contributed by atoms with Crippen LogP contribution < -0.4 is 10.6 Å². The monoisotopic (exact) mass is 252 g/mol. The van der Waals surface area contributed by atoms with Gasteiger partial charge in [-0.05, 0) is 11.1 Å². The first-order valence-corrected chi connectivity index (χ1v) is 6.99. The number of hydrogen-bond acceptors (Lipinski definition) is 2. The van der Waals surface area contributed by atoms with E-state index in [4.69, 9.17) is 0 Å². The molecule has 1 heterocycles. The summed E-state index contributed by atoms with van der Waals surface area (Å²) in [6, 6.07) is 22.0. The summed E-state index contributed by atoms with van der Waals surface area (Å²) in [5.41, 5.74) is 2.77. The minimum absolute atomic E-state index is 0.412. The highest BCUT2D eigenvalue weighted by atomic mass is 15.1. The second kappa shape index (κ2) is 6.00. The molecule has 0 aromatic heterocycles. The van der Waals surface area contributed by atoms with Crippen LogP contribution in [0, 0.1) is 0 Å². The molecule has 0 spiro atoms. The highest BCUT2D eigenvalue weighted by Gasteiger charge is 2.25. The summed E-state index contributed by atoms with van der Waals surface area (Å²) < 4.78 is 0. The molecule has 0 amide bonds. The van der Waals surface area contributed by atoms with E-state index in [-0.39, 0.29) is 0 Å². The molecule has 1 fully saturated rings. The maximum atomic E-state index is 3.65. The van der Waals surface area contributed by atoms with Gasteiger partial charge in [0, 0.05) is 31.6 Å². The van der Waals surface area contributed by atoms with Gasteiger partial charge >= 0.3 is 0 Å². The topological polar surface area (TPSA) is 24.1 Å². The maximum Gasteiger partial charge on any atom is 0.0302 e. The van der Waals surface area contributed by atoms with Crippen molar-refractivity contribution in [1.29, 1.82) is 0 Å². The van der Waals surface area contributed by atoms with E-state index < -0.39 is 0 Å². The third-order valence-electron chi connectivity index (χ3n) is 3.79. The van der Waals surface area contributed by atoms with E-state index in [2.05, 4.69) is 71.3 Å². The number of rotatable bonds is 3. The zero-order chi connectivity index (χ0) is 12.9. The summed E-state index contributed by atoms with van der Waals surface area (Å²) in [5.74, 6) is 0.412. The molecule has 2 heteroatoms. The van der Waals surface area contributed by atoms with Crippen LogP contribution >= 0.6 is 0 Å². The van der Waals surface area contributed by atoms with E-state index in [9.17, 15) is 0 Å². The van der Waals surface area contributed by atoms with E-state index in [0.29, 0.717) is 12.0 Å². The Kier molecular flexibility index (Phi) is 3.92. The highest BCUT2D eigenvalue weighted by Crippen LogP contribution is 2.28. The summed E-state index contributed by atoms with van der Waals surface area (Å²) in [4.78, 5) is 0. The van der Waals surface area contributed by atoms with E-state index in [1.165, 1.54) is 11.1 Å². The van der Waals surface area contributed by atoms with Gasteiger partial charge in [-0.3, -0.25) is 0 Å². The quantitative estimate of drug-likeness (QED) is 0.876. The Morgan fingerprint density at radius 2 is 1.37 bits per heavy atom. The molecule has 2 N–H and O–H groups in total. The third kappa shape index (κ3) is 2.86. The standard InChI is InChI=1S/C17H20N2/c1-3-7-14(8-4-1)17(15-9-5-2-6-10-15)16-13-18-11-12-19-16/h1-10,16-19H,11-13H2/t16-/m1/s1. The van der Waals surface area contributed by atoms with Gasteiger partial charge in [0.2, 0.25) is 0 Å². The SMILES string of the molecule is c1ccc(C(c2ccccc2)[C@H]2CNCCN2)cc1. The van der Waals surface area contributed by atoms with E-state index >= 15 is 0 Å². The van der Waals surface area contributed by atoms with Crippen LogP contribution in [0.3, 0.4) is 0 Å². The Morgan fingerprint density at radius 1 is 0.789 bits per heavy atom. The van der Waals surface area contributed by atoms with Crippen LogP contribution in [0.15, 0.2) is 60.7 Å². The average molecular weight is 252 g/mol. The predicted molar refractivity (Wildman–Crippen MR) is 79.4 cm³/mol. The lowest BCUT2D eigenvalue weighted by atomic mass is 9.84. The molecule has 19 heavy (non-hydrogen) atoms. The zero-order valence-electron chi connectivity index (χ0n) is 11.0. The Balaban J connectivity index is 1.96. The molecular formula is C17H20N2. The van der Waals surface area contributed by atoms with Crippen LogP contribution in [-0.4, -0.2) is 25.7 Å². The van der Waals surface area contributed by atoms with Gasteiger partial charge in [-0.2, -0.15) is 0 Å². The Hall–Kier alpha value is -1.64. The van der Waals surface area contributed by atoms with Crippen LogP contribution in [0.5, 0.6) is 0 Å². The van der Waals surface area contributed by atoms with Crippen LogP contribution in [-0.2, 0) is 0 Å². The van der Waals surface area contributed by atoms with Crippen molar-refractivity contribution in [2.24, 2.45) is 0 Å². The van der Waals surface area contributed by atoms with E-state index in [1.807, 2.05) is 0 Å². The lowest BCUT2D eigenvalue weighted by molar-refractivity contribution is 0.389. The lowest BCUT2D eigenvalue weighted by Crippen LogP contribution is -2.51. The Morgan fingerprint density at radius 3 is 1.84 bits per heavy atom. The van der Waals surface area contributed by atoms with Crippen molar-refractivity contribution in [2.45, 2.75) is 12.0 Å². The number of piperazine rings is 1. The van der Waals surface area contributed by atoms with Gasteiger partial charge in [0.1, 0.15) is 0 Å². The van der Waals surface area contributed by atoms with Gasteiger partial charge in [-0.15, -0.1) is 0 Å². The summed E-state index contributed by atoms with van der Waals surface area (Å²) in [6.07, 6.45) is 0. The van der Waals surface area contributed by atoms with Gasteiger partial charge in [0.15, 0.2) is 0 Å². The van der Waals surface area contributed by atoms with E-state index in [1.54, 1.807) is 0 Å². The second-order valence-electron chi connectivity index (χ2n) is 5.06. The van der Waals surface area contributed by atoms with Gasteiger partial charge in [-0.1, -0.05) is 60.7 Å². The van der Waals surface area contributed by atoms with Crippen molar-refractivity contribution >= 4 is 0 Å². The molecule has 0 saturated carbocycles. The fraction of sp³-hybridized carbons (Fsp3) is 0.294. The predicted octanol–water partition coefficient (Wildman–Crippen LogP) is 2.38. The van der Waals surface area contributed by atoms with Crippen molar-refractivity contribution < 1.29 is 0 Å². The van der Waals surface area contributed by atoms with Crippen LogP contribution in [0.1, 0.15) is 17.0 Å². The lowest BCUT2D eigenvalue weighted by Gasteiger charge is -2.32. The Labute approximate surface area is 114 Å². The molecule has 98 valence electrons. The highest BCUT2D eigenvalue weighted by molar-refractivity contribution is 5.34. The first kappa shape index (κ1) is 12.4.